The Bertz CT molecular complexity index is 695. The lowest BCUT2D eigenvalue weighted by Crippen LogP contribution is -2.59. The molecule has 3 amide bonds. The molecule has 0 bridgehead atoms. The second-order valence-corrected chi connectivity index (χ2v) is 5.82. The lowest BCUT2D eigenvalue weighted by molar-refractivity contribution is -0.146. The van der Waals surface area contributed by atoms with E-state index in [0.29, 0.717) is 16.9 Å². The first-order valence-electron chi connectivity index (χ1n) is 6.94. The fourth-order valence-corrected chi connectivity index (χ4v) is 2.58. The molecule has 0 spiro atoms. The number of hydrazine groups is 1. The largest absolute Gasteiger partial charge is 0.485 e. The maximum absolute atomic E-state index is 11.9. The van der Waals surface area contributed by atoms with Crippen LogP contribution in [0.2, 0.25) is 0 Å². The van der Waals surface area contributed by atoms with Crippen LogP contribution in [-0.2, 0) is 4.79 Å². The highest BCUT2D eigenvalue weighted by atomic mass is 16.5. The van der Waals surface area contributed by atoms with E-state index < -0.39 is 29.7 Å². The van der Waals surface area contributed by atoms with Gasteiger partial charge in [0.05, 0.1) is 11.6 Å². The Balaban J connectivity index is 2.61. The number of amides is 3. The number of benzene rings is 1. The molecule has 0 fully saturated rings. The molecule has 0 saturated heterocycles. The maximum Gasteiger partial charge on any atom is 0.331 e. The molecule has 0 radical (unpaired) electrons. The zero-order valence-electron chi connectivity index (χ0n) is 13.0. The molecule has 2 rings (SSSR count). The van der Waals surface area contributed by atoms with Crippen molar-refractivity contribution in [3.63, 3.8) is 0 Å². The summed E-state index contributed by atoms with van der Waals surface area (Å²) in [5.41, 5.74) is 7.08. The van der Waals surface area contributed by atoms with Crippen molar-refractivity contribution in [3.8, 4) is 11.8 Å². The summed E-state index contributed by atoms with van der Waals surface area (Å²) in [5, 5.41) is 20.7. The summed E-state index contributed by atoms with van der Waals surface area (Å²) in [6, 6.07) is 4.79. The monoisotopic (exact) mass is 318 g/mol. The van der Waals surface area contributed by atoms with E-state index in [0.717, 1.165) is 5.01 Å². The standard InChI is InChI=1S/C15H18N4O4/c1-8(20)19(18-14(17)22)12-10-6-9(7-16)4-5-11(10)23-15(2,3)13(12)21/h4-6,12-13,21H,1-3H3,(H3,17,18,22)/t12-,13+/m1/s1. The normalized spacial score (nSPS) is 21.3. The van der Waals surface area contributed by atoms with Crippen LogP contribution in [0.4, 0.5) is 4.79 Å². The molecule has 1 aromatic rings. The number of rotatable bonds is 1. The van der Waals surface area contributed by atoms with E-state index in [2.05, 4.69) is 5.43 Å². The average Bonchev–Trinajstić information content (AvgIpc) is 2.46. The lowest BCUT2D eigenvalue weighted by atomic mass is 9.85. The van der Waals surface area contributed by atoms with Gasteiger partial charge in [0, 0.05) is 12.5 Å². The Morgan fingerprint density at radius 2 is 2.13 bits per heavy atom. The maximum atomic E-state index is 11.9. The van der Waals surface area contributed by atoms with Crippen molar-refractivity contribution in [3.05, 3.63) is 29.3 Å². The Morgan fingerprint density at radius 3 is 2.65 bits per heavy atom. The van der Waals surface area contributed by atoms with Crippen LogP contribution in [0.1, 0.15) is 37.9 Å². The third-order valence-corrected chi connectivity index (χ3v) is 3.69. The zero-order chi connectivity index (χ0) is 17.4. The molecule has 1 aliphatic heterocycles. The summed E-state index contributed by atoms with van der Waals surface area (Å²) in [4.78, 5) is 23.2. The number of urea groups is 1. The van der Waals surface area contributed by atoms with Crippen molar-refractivity contribution in [2.45, 2.75) is 38.5 Å². The summed E-state index contributed by atoms with van der Waals surface area (Å²) in [7, 11) is 0. The molecule has 0 saturated carbocycles. The van der Waals surface area contributed by atoms with Crippen LogP contribution >= 0.6 is 0 Å². The van der Waals surface area contributed by atoms with Crippen molar-refractivity contribution in [2.75, 3.05) is 0 Å². The quantitative estimate of drug-likeness (QED) is 0.652. The van der Waals surface area contributed by atoms with Gasteiger partial charge in [-0.15, -0.1) is 0 Å². The van der Waals surface area contributed by atoms with Gasteiger partial charge in [0.2, 0.25) is 5.91 Å². The Hall–Kier alpha value is -2.79. The third-order valence-electron chi connectivity index (χ3n) is 3.69. The molecule has 4 N–H and O–H groups in total. The van der Waals surface area contributed by atoms with Gasteiger partial charge in [0.15, 0.2) is 0 Å². The molecule has 8 heteroatoms. The van der Waals surface area contributed by atoms with Gasteiger partial charge in [-0.25, -0.2) is 15.2 Å². The number of hydrogen-bond acceptors (Lipinski definition) is 5. The number of nitrogens with zero attached hydrogens (tertiary/aromatic N) is 2. The molecule has 0 unspecified atom stereocenters. The van der Waals surface area contributed by atoms with Gasteiger partial charge >= 0.3 is 6.03 Å². The highest BCUT2D eigenvalue weighted by Crippen LogP contribution is 2.42. The van der Waals surface area contributed by atoms with Crippen LogP contribution < -0.4 is 15.9 Å². The molecular formula is C15H18N4O4. The molecule has 0 aliphatic carbocycles. The van der Waals surface area contributed by atoms with E-state index in [4.69, 9.17) is 15.7 Å². The molecule has 122 valence electrons. The van der Waals surface area contributed by atoms with Crippen molar-refractivity contribution in [1.82, 2.24) is 10.4 Å². The number of aliphatic hydroxyl groups is 1. The fourth-order valence-electron chi connectivity index (χ4n) is 2.58. The molecule has 1 aromatic carbocycles. The van der Waals surface area contributed by atoms with Crippen molar-refractivity contribution in [2.24, 2.45) is 5.73 Å². The number of nitrogens with one attached hydrogen (secondary N) is 1. The SMILES string of the molecule is CC(=O)N(NC(N)=O)[C@@H]1c2cc(C#N)ccc2OC(C)(C)[C@H]1O. The van der Waals surface area contributed by atoms with Crippen molar-refractivity contribution < 1.29 is 19.4 Å². The van der Waals surface area contributed by atoms with Crippen molar-refractivity contribution in [1.29, 1.82) is 5.26 Å². The summed E-state index contributed by atoms with van der Waals surface area (Å²) in [6.07, 6.45) is -1.15. The van der Waals surface area contributed by atoms with E-state index in [1.165, 1.54) is 13.0 Å². The van der Waals surface area contributed by atoms with Crippen LogP contribution in [0.25, 0.3) is 0 Å². The molecular weight excluding hydrogens is 300 g/mol. The van der Waals surface area contributed by atoms with E-state index in [1.807, 2.05) is 6.07 Å². The van der Waals surface area contributed by atoms with Gasteiger partial charge in [-0.1, -0.05) is 0 Å². The van der Waals surface area contributed by atoms with Gasteiger partial charge in [0.25, 0.3) is 0 Å². The van der Waals surface area contributed by atoms with Crippen LogP contribution in [0.5, 0.6) is 5.75 Å². The molecule has 23 heavy (non-hydrogen) atoms. The smallest absolute Gasteiger partial charge is 0.331 e. The third kappa shape index (κ3) is 3.05. The number of primary amides is 1. The number of ether oxygens (including phenoxy) is 1. The van der Waals surface area contributed by atoms with E-state index in [-0.39, 0.29) is 0 Å². The number of nitriles is 1. The molecule has 2 atom stereocenters. The summed E-state index contributed by atoms with van der Waals surface area (Å²) in [6.45, 7) is 4.56. The lowest BCUT2D eigenvalue weighted by Gasteiger charge is -2.45. The minimum absolute atomic E-state index is 0.340. The van der Waals surface area contributed by atoms with Gasteiger partial charge in [0.1, 0.15) is 23.5 Å². The fraction of sp³-hybridized carbons (Fsp3) is 0.400. The predicted molar refractivity (Wildman–Crippen MR) is 79.9 cm³/mol. The van der Waals surface area contributed by atoms with E-state index in [1.54, 1.807) is 26.0 Å². The summed E-state index contributed by atoms with van der Waals surface area (Å²) in [5.74, 6) is -0.0966. The Kier molecular flexibility index (Phi) is 4.16. The van der Waals surface area contributed by atoms with Crippen LogP contribution in [-0.4, -0.2) is 33.8 Å². The summed E-state index contributed by atoms with van der Waals surface area (Å²) >= 11 is 0. The zero-order valence-corrected chi connectivity index (χ0v) is 13.0. The highest BCUT2D eigenvalue weighted by molar-refractivity contribution is 5.79. The summed E-state index contributed by atoms with van der Waals surface area (Å²) < 4.78 is 5.75. The number of fused-ring (bicyclic) bond motifs is 1. The number of nitrogens with two attached hydrogens (primary N) is 1. The number of hydrogen-bond donors (Lipinski definition) is 3. The Morgan fingerprint density at radius 1 is 1.48 bits per heavy atom. The second kappa shape index (κ2) is 5.78. The number of carbonyl (C=O) groups is 2. The van der Waals surface area contributed by atoms with Crippen molar-refractivity contribution >= 4 is 11.9 Å². The first kappa shape index (κ1) is 16.6. The van der Waals surface area contributed by atoms with Gasteiger partial charge < -0.3 is 15.6 Å². The molecule has 0 aromatic heterocycles. The predicted octanol–water partition coefficient (Wildman–Crippen LogP) is 0.563. The first-order valence-corrected chi connectivity index (χ1v) is 6.94. The van der Waals surface area contributed by atoms with Gasteiger partial charge in [-0.3, -0.25) is 4.79 Å². The number of carbonyl (C=O) groups excluding carboxylic acids is 2. The minimum Gasteiger partial charge on any atom is -0.485 e. The molecule has 1 aliphatic rings. The van der Waals surface area contributed by atoms with E-state index in [9.17, 15) is 14.7 Å². The van der Waals surface area contributed by atoms with Gasteiger partial charge in [-0.05, 0) is 32.0 Å². The van der Waals surface area contributed by atoms with Crippen LogP contribution in [0.3, 0.4) is 0 Å². The molecule has 1 heterocycles. The highest BCUT2D eigenvalue weighted by Gasteiger charge is 2.47. The topological polar surface area (TPSA) is 129 Å². The number of aliphatic hydroxyl groups excluding tert-OH is 1. The first-order chi connectivity index (χ1) is 10.7. The second-order valence-electron chi connectivity index (χ2n) is 5.82. The Labute approximate surface area is 133 Å². The average molecular weight is 318 g/mol. The van der Waals surface area contributed by atoms with Crippen LogP contribution in [0.15, 0.2) is 18.2 Å². The van der Waals surface area contributed by atoms with E-state index >= 15 is 0 Å². The molecule has 8 nitrogen and oxygen atoms in total. The van der Waals surface area contributed by atoms with Gasteiger partial charge in [-0.2, -0.15) is 5.26 Å². The van der Waals surface area contributed by atoms with Crippen LogP contribution in [0, 0.1) is 11.3 Å². The minimum atomic E-state index is -1.15.